The number of aryl methyl sites for hydroxylation is 2. The highest BCUT2D eigenvalue weighted by atomic mass is 16.6. The van der Waals surface area contributed by atoms with Crippen molar-refractivity contribution in [1.29, 1.82) is 0 Å². The number of ether oxygens (including phenoxy) is 2. The van der Waals surface area contributed by atoms with Gasteiger partial charge >= 0.3 is 12.1 Å². The first-order chi connectivity index (χ1) is 15.4. The molecule has 8 heteroatoms. The van der Waals surface area contributed by atoms with Crippen LogP contribution in [-0.4, -0.2) is 53.1 Å². The van der Waals surface area contributed by atoms with Crippen LogP contribution in [0, 0.1) is 5.92 Å². The zero-order valence-corrected chi connectivity index (χ0v) is 18.9. The zero-order chi connectivity index (χ0) is 22.6. The lowest BCUT2D eigenvalue weighted by atomic mass is 9.79. The van der Waals surface area contributed by atoms with E-state index in [0.29, 0.717) is 12.5 Å². The van der Waals surface area contributed by atoms with Crippen LogP contribution in [0.4, 0.5) is 10.6 Å². The first kappa shape index (κ1) is 22.8. The summed E-state index contributed by atoms with van der Waals surface area (Å²) < 4.78 is 11.2. The van der Waals surface area contributed by atoms with E-state index in [1.165, 1.54) is 12.0 Å². The third-order valence-electron chi connectivity index (χ3n) is 7.05. The number of amides is 1. The highest BCUT2D eigenvalue weighted by Gasteiger charge is 2.37. The second-order valence-corrected chi connectivity index (χ2v) is 9.73. The third kappa shape index (κ3) is 5.91. The smallest absolute Gasteiger partial charge is 0.408 e. The number of alkyl carbamates (subject to hydrolysis) is 1. The van der Waals surface area contributed by atoms with Gasteiger partial charge in [0.1, 0.15) is 17.5 Å². The standard InChI is InChI=1S/C24H35N3O5/c1-24(10-3-11-24)32-23(30)27-20(22(28)29)9-13-31-19-14-16(15-19)5-7-18-8-6-17-4-2-12-25-21(17)26-18/h6,8,16,19-20H,2-5,7,9-15H2,1H3,(H,25,26)(H,27,30)(H,28,29)/t16?,19?,20-/m0/s1. The van der Waals surface area contributed by atoms with Gasteiger partial charge in [-0.15, -0.1) is 0 Å². The van der Waals surface area contributed by atoms with Gasteiger partial charge in [0.05, 0.1) is 6.10 Å². The van der Waals surface area contributed by atoms with Crippen molar-refractivity contribution in [3.63, 3.8) is 0 Å². The molecule has 0 unspecified atom stereocenters. The Hall–Kier alpha value is -2.35. The van der Waals surface area contributed by atoms with Gasteiger partial charge in [-0.1, -0.05) is 6.07 Å². The van der Waals surface area contributed by atoms with E-state index in [1.807, 2.05) is 6.92 Å². The Kier molecular flexibility index (Phi) is 7.18. The van der Waals surface area contributed by atoms with Crippen molar-refractivity contribution in [3.05, 3.63) is 23.4 Å². The number of hydrogen-bond acceptors (Lipinski definition) is 6. The minimum atomic E-state index is -1.07. The molecule has 2 aliphatic carbocycles. The van der Waals surface area contributed by atoms with Gasteiger partial charge in [-0.05, 0) is 82.3 Å². The summed E-state index contributed by atoms with van der Waals surface area (Å²) in [6.45, 7) is 3.19. The topological polar surface area (TPSA) is 110 Å². The summed E-state index contributed by atoms with van der Waals surface area (Å²) in [5, 5.41) is 15.2. The van der Waals surface area contributed by atoms with E-state index in [1.54, 1.807) is 0 Å². The number of carbonyl (C=O) groups excluding carboxylic acids is 1. The molecule has 176 valence electrons. The quantitative estimate of drug-likeness (QED) is 0.504. The molecule has 3 N–H and O–H groups in total. The van der Waals surface area contributed by atoms with Crippen LogP contribution in [-0.2, 0) is 27.1 Å². The first-order valence-electron chi connectivity index (χ1n) is 12.0. The van der Waals surface area contributed by atoms with E-state index in [-0.39, 0.29) is 12.5 Å². The Balaban J connectivity index is 1.11. The number of hydrogen-bond donors (Lipinski definition) is 3. The van der Waals surface area contributed by atoms with E-state index in [2.05, 4.69) is 22.8 Å². The van der Waals surface area contributed by atoms with Crippen LogP contribution in [0.2, 0.25) is 0 Å². The summed E-state index contributed by atoms with van der Waals surface area (Å²) in [6, 6.07) is 3.35. The maximum atomic E-state index is 12.0. The predicted octanol–water partition coefficient (Wildman–Crippen LogP) is 3.68. The SMILES string of the molecule is CC1(OC(=O)N[C@@H](CCOC2CC(CCc3ccc4c(n3)NCCC4)C2)C(=O)O)CCC1. The van der Waals surface area contributed by atoms with E-state index in [9.17, 15) is 14.7 Å². The normalized spacial score (nSPS) is 24.2. The highest BCUT2D eigenvalue weighted by molar-refractivity contribution is 5.80. The van der Waals surface area contributed by atoms with Crippen molar-refractivity contribution in [2.45, 2.75) is 88.9 Å². The fraction of sp³-hybridized carbons (Fsp3) is 0.708. The van der Waals surface area contributed by atoms with Crippen molar-refractivity contribution < 1.29 is 24.2 Å². The van der Waals surface area contributed by atoms with Crippen LogP contribution in [0.3, 0.4) is 0 Å². The number of rotatable bonds is 10. The monoisotopic (exact) mass is 445 g/mol. The lowest BCUT2D eigenvalue weighted by molar-refractivity contribution is -0.140. The van der Waals surface area contributed by atoms with Crippen molar-refractivity contribution in [2.75, 3.05) is 18.5 Å². The summed E-state index contributed by atoms with van der Waals surface area (Å²) in [7, 11) is 0. The van der Waals surface area contributed by atoms with Gasteiger partial charge in [0, 0.05) is 25.3 Å². The van der Waals surface area contributed by atoms with Gasteiger partial charge in [-0.25, -0.2) is 14.6 Å². The van der Waals surface area contributed by atoms with Crippen LogP contribution in [0.5, 0.6) is 0 Å². The Bertz CT molecular complexity index is 820. The van der Waals surface area contributed by atoms with Gasteiger partial charge in [-0.2, -0.15) is 0 Å². The molecule has 2 fully saturated rings. The number of fused-ring (bicyclic) bond motifs is 1. The van der Waals surface area contributed by atoms with Gasteiger partial charge in [0.15, 0.2) is 0 Å². The maximum Gasteiger partial charge on any atom is 0.408 e. The molecule has 0 spiro atoms. The number of nitrogens with one attached hydrogen (secondary N) is 2. The molecule has 4 rings (SSSR count). The molecule has 1 aromatic heterocycles. The fourth-order valence-corrected chi connectivity index (χ4v) is 4.69. The summed E-state index contributed by atoms with van der Waals surface area (Å²) in [4.78, 5) is 28.2. The van der Waals surface area contributed by atoms with E-state index >= 15 is 0 Å². The van der Waals surface area contributed by atoms with E-state index in [0.717, 1.165) is 69.4 Å². The van der Waals surface area contributed by atoms with Crippen LogP contribution in [0.1, 0.15) is 69.5 Å². The Morgan fingerprint density at radius 3 is 2.84 bits per heavy atom. The minimum Gasteiger partial charge on any atom is -0.480 e. The maximum absolute atomic E-state index is 12.0. The number of aromatic nitrogens is 1. The number of aliphatic carboxylic acids is 1. The van der Waals surface area contributed by atoms with Crippen molar-refractivity contribution >= 4 is 17.9 Å². The molecule has 32 heavy (non-hydrogen) atoms. The Morgan fingerprint density at radius 1 is 1.31 bits per heavy atom. The minimum absolute atomic E-state index is 0.174. The Labute approximate surface area is 189 Å². The van der Waals surface area contributed by atoms with Crippen LogP contribution in [0.15, 0.2) is 12.1 Å². The average Bonchev–Trinajstić information content (AvgIpc) is 2.72. The number of nitrogens with zero attached hydrogens (tertiary/aromatic N) is 1. The molecule has 0 radical (unpaired) electrons. The zero-order valence-electron chi connectivity index (χ0n) is 18.9. The van der Waals surface area contributed by atoms with Gasteiger partial charge < -0.3 is 25.2 Å². The lowest BCUT2D eigenvalue weighted by Gasteiger charge is -2.37. The largest absolute Gasteiger partial charge is 0.480 e. The van der Waals surface area contributed by atoms with E-state index in [4.69, 9.17) is 14.5 Å². The van der Waals surface area contributed by atoms with E-state index < -0.39 is 23.7 Å². The molecule has 1 atom stereocenters. The molecular weight excluding hydrogens is 410 g/mol. The first-order valence-corrected chi connectivity index (χ1v) is 12.0. The van der Waals surface area contributed by atoms with Crippen LogP contribution >= 0.6 is 0 Å². The summed E-state index contributed by atoms with van der Waals surface area (Å²) in [5.74, 6) is 0.607. The molecule has 1 amide bonds. The number of anilines is 1. The summed E-state index contributed by atoms with van der Waals surface area (Å²) in [5.41, 5.74) is 2.01. The highest BCUT2D eigenvalue weighted by Crippen LogP contribution is 2.35. The summed E-state index contributed by atoms with van der Waals surface area (Å²) in [6.07, 6.45) is 8.76. The molecule has 0 aromatic carbocycles. The number of carbonyl (C=O) groups is 2. The molecule has 8 nitrogen and oxygen atoms in total. The van der Waals surface area contributed by atoms with Crippen LogP contribution < -0.4 is 10.6 Å². The second-order valence-electron chi connectivity index (χ2n) is 9.73. The molecule has 1 aliphatic heterocycles. The Morgan fingerprint density at radius 2 is 2.12 bits per heavy atom. The number of pyridine rings is 1. The molecule has 0 bridgehead atoms. The molecular formula is C24H35N3O5. The number of carboxylic acids is 1. The molecule has 2 saturated carbocycles. The van der Waals surface area contributed by atoms with Gasteiger partial charge in [0.2, 0.25) is 0 Å². The van der Waals surface area contributed by atoms with Crippen molar-refractivity contribution in [3.8, 4) is 0 Å². The number of carboxylic acid groups (broad SMARTS) is 1. The molecule has 0 saturated heterocycles. The lowest BCUT2D eigenvalue weighted by Crippen LogP contribution is -2.47. The van der Waals surface area contributed by atoms with Gasteiger partial charge in [-0.3, -0.25) is 0 Å². The fourth-order valence-electron chi connectivity index (χ4n) is 4.69. The van der Waals surface area contributed by atoms with Crippen LogP contribution in [0.25, 0.3) is 0 Å². The molecule has 2 heterocycles. The van der Waals surface area contributed by atoms with Crippen molar-refractivity contribution in [1.82, 2.24) is 10.3 Å². The third-order valence-corrected chi connectivity index (χ3v) is 7.05. The summed E-state index contributed by atoms with van der Waals surface area (Å²) >= 11 is 0. The molecule has 1 aromatic rings. The molecule has 3 aliphatic rings. The van der Waals surface area contributed by atoms with Crippen molar-refractivity contribution in [2.24, 2.45) is 5.92 Å². The average molecular weight is 446 g/mol. The second kappa shape index (κ2) is 10.1. The van der Waals surface area contributed by atoms with Gasteiger partial charge in [0.25, 0.3) is 0 Å². The predicted molar refractivity (Wildman–Crippen MR) is 120 cm³/mol.